The Labute approximate surface area is 148 Å². The van der Waals surface area contributed by atoms with Gasteiger partial charge in [0.2, 0.25) is 11.8 Å². The van der Waals surface area contributed by atoms with Gasteiger partial charge in [-0.1, -0.05) is 18.2 Å². The molecule has 1 heterocycles. The van der Waals surface area contributed by atoms with Gasteiger partial charge in [-0.15, -0.1) is 0 Å². The standard InChI is InChI=1S/C19H27N3O3/c1-5-22(6-2)19(24)13-21(4)12-18(23)20-14(3)17-11-15-9-7-8-10-16(15)25-17/h7-11,14H,5-6,12-13H2,1-4H3,(H,20,23)/t14-/m0/s1. The van der Waals surface area contributed by atoms with E-state index in [0.717, 1.165) is 16.7 Å². The number of nitrogens with zero attached hydrogens (tertiary/aromatic N) is 2. The SMILES string of the molecule is CCN(CC)C(=O)CN(C)CC(=O)N[C@@H](C)c1cc2ccccc2o1. The van der Waals surface area contributed by atoms with Gasteiger partial charge >= 0.3 is 0 Å². The van der Waals surface area contributed by atoms with Gasteiger partial charge in [-0.2, -0.15) is 0 Å². The largest absolute Gasteiger partial charge is 0.459 e. The van der Waals surface area contributed by atoms with E-state index >= 15 is 0 Å². The van der Waals surface area contributed by atoms with Crippen LogP contribution in [-0.2, 0) is 9.59 Å². The van der Waals surface area contributed by atoms with Gasteiger partial charge in [-0.3, -0.25) is 14.5 Å². The Bertz CT molecular complexity index is 689. The molecule has 0 aliphatic rings. The average molecular weight is 345 g/mol. The molecule has 0 fully saturated rings. The third kappa shape index (κ3) is 5.06. The Morgan fingerprint density at radius 1 is 1.16 bits per heavy atom. The summed E-state index contributed by atoms with van der Waals surface area (Å²) in [5, 5.41) is 3.93. The van der Waals surface area contributed by atoms with Crippen molar-refractivity contribution in [2.24, 2.45) is 0 Å². The number of benzene rings is 1. The maximum absolute atomic E-state index is 12.2. The Morgan fingerprint density at radius 3 is 2.48 bits per heavy atom. The summed E-state index contributed by atoms with van der Waals surface area (Å²) >= 11 is 0. The molecule has 1 aromatic carbocycles. The van der Waals surface area contributed by atoms with E-state index in [-0.39, 0.29) is 30.9 Å². The highest BCUT2D eigenvalue weighted by atomic mass is 16.3. The predicted octanol–water partition coefficient (Wildman–Crippen LogP) is 2.41. The number of hydrogen-bond donors (Lipinski definition) is 1. The highest BCUT2D eigenvalue weighted by molar-refractivity contribution is 5.82. The third-order valence-electron chi connectivity index (χ3n) is 4.18. The molecule has 0 radical (unpaired) electrons. The summed E-state index contributed by atoms with van der Waals surface area (Å²) < 4.78 is 5.77. The first-order valence-corrected chi connectivity index (χ1v) is 8.68. The van der Waals surface area contributed by atoms with Crippen LogP contribution >= 0.6 is 0 Å². The van der Waals surface area contributed by atoms with Crippen molar-refractivity contribution in [3.63, 3.8) is 0 Å². The lowest BCUT2D eigenvalue weighted by molar-refractivity contribution is -0.132. The number of hydrogen-bond acceptors (Lipinski definition) is 4. The smallest absolute Gasteiger partial charge is 0.236 e. The molecule has 2 rings (SSSR count). The number of carbonyl (C=O) groups is 2. The van der Waals surface area contributed by atoms with Crippen LogP contribution < -0.4 is 5.32 Å². The maximum atomic E-state index is 12.2. The highest BCUT2D eigenvalue weighted by Crippen LogP contribution is 2.23. The fourth-order valence-corrected chi connectivity index (χ4v) is 2.78. The lowest BCUT2D eigenvalue weighted by Crippen LogP contribution is -2.43. The van der Waals surface area contributed by atoms with E-state index in [1.165, 1.54) is 0 Å². The number of rotatable bonds is 8. The van der Waals surface area contributed by atoms with Crippen molar-refractivity contribution >= 4 is 22.8 Å². The van der Waals surface area contributed by atoms with Crippen molar-refractivity contribution in [1.82, 2.24) is 15.1 Å². The van der Waals surface area contributed by atoms with E-state index in [0.29, 0.717) is 13.1 Å². The first-order valence-electron chi connectivity index (χ1n) is 8.68. The maximum Gasteiger partial charge on any atom is 0.236 e. The molecule has 6 heteroatoms. The molecule has 136 valence electrons. The Morgan fingerprint density at radius 2 is 1.84 bits per heavy atom. The van der Waals surface area contributed by atoms with Crippen molar-refractivity contribution < 1.29 is 14.0 Å². The van der Waals surface area contributed by atoms with Crippen LogP contribution in [-0.4, -0.2) is 54.8 Å². The summed E-state index contributed by atoms with van der Waals surface area (Å²) in [4.78, 5) is 27.8. The zero-order chi connectivity index (χ0) is 18.4. The summed E-state index contributed by atoms with van der Waals surface area (Å²) in [6.45, 7) is 7.53. The molecular weight excluding hydrogens is 318 g/mol. The van der Waals surface area contributed by atoms with Gasteiger partial charge in [-0.25, -0.2) is 0 Å². The van der Waals surface area contributed by atoms with Crippen molar-refractivity contribution in [3.05, 3.63) is 36.1 Å². The number of fused-ring (bicyclic) bond motifs is 1. The van der Waals surface area contributed by atoms with E-state index < -0.39 is 0 Å². The Kier molecular flexibility index (Phi) is 6.58. The van der Waals surface area contributed by atoms with Crippen LogP contribution in [0.25, 0.3) is 11.0 Å². The summed E-state index contributed by atoms with van der Waals surface area (Å²) in [5.41, 5.74) is 0.806. The van der Waals surface area contributed by atoms with Crippen molar-refractivity contribution in [3.8, 4) is 0 Å². The lowest BCUT2D eigenvalue weighted by atomic mass is 10.2. The van der Waals surface area contributed by atoms with Crippen molar-refractivity contribution in [1.29, 1.82) is 0 Å². The molecule has 0 saturated heterocycles. The van der Waals surface area contributed by atoms with Crippen LogP contribution in [0.2, 0.25) is 0 Å². The van der Waals surface area contributed by atoms with Crippen LogP contribution in [0.3, 0.4) is 0 Å². The van der Waals surface area contributed by atoms with E-state index in [9.17, 15) is 9.59 Å². The van der Waals surface area contributed by atoms with Crippen molar-refractivity contribution in [2.45, 2.75) is 26.8 Å². The number of nitrogens with one attached hydrogen (secondary N) is 1. The number of amides is 2. The summed E-state index contributed by atoms with van der Waals surface area (Å²) in [7, 11) is 1.77. The topological polar surface area (TPSA) is 65.8 Å². The van der Waals surface area contributed by atoms with Gasteiger partial charge in [0, 0.05) is 18.5 Å². The van der Waals surface area contributed by atoms with Crippen LogP contribution in [0.15, 0.2) is 34.7 Å². The second kappa shape index (κ2) is 8.67. The van der Waals surface area contributed by atoms with E-state index in [2.05, 4.69) is 5.32 Å². The molecular formula is C19H27N3O3. The number of likely N-dealkylation sites (N-methyl/N-ethyl adjacent to an activating group) is 2. The molecule has 0 aliphatic carbocycles. The lowest BCUT2D eigenvalue weighted by Gasteiger charge is -2.23. The van der Waals surface area contributed by atoms with Crippen LogP contribution in [0.1, 0.15) is 32.6 Å². The molecule has 0 unspecified atom stereocenters. The van der Waals surface area contributed by atoms with Gasteiger partial charge in [0.1, 0.15) is 11.3 Å². The summed E-state index contributed by atoms with van der Waals surface area (Å²) in [6.07, 6.45) is 0. The summed E-state index contributed by atoms with van der Waals surface area (Å²) in [5.74, 6) is 0.616. The molecule has 2 aromatic rings. The van der Waals surface area contributed by atoms with Gasteiger partial charge in [0.15, 0.2) is 0 Å². The minimum Gasteiger partial charge on any atom is -0.459 e. The predicted molar refractivity (Wildman–Crippen MR) is 98.2 cm³/mol. The Balaban J connectivity index is 1.87. The van der Waals surface area contributed by atoms with Crippen molar-refractivity contribution in [2.75, 3.05) is 33.2 Å². The molecule has 1 N–H and O–H groups in total. The second-order valence-electron chi connectivity index (χ2n) is 6.21. The molecule has 0 spiro atoms. The van der Waals surface area contributed by atoms with E-state index in [1.807, 2.05) is 51.1 Å². The molecule has 2 amide bonds. The van der Waals surface area contributed by atoms with E-state index in [1.54, 1.807) is 16.8 Å². The summed E-state index contributed by atoms with van der Waals surface area (Å²) in [6, 6.07) is 9.46. The first-order chi connectivity index (χ1) is 11.9. The number of para-hydroxylation sites is 1. The van der Waals surface area contributed by atoms with Gasteiger partial charge in [-0.05, 0) is 40.0 Å². The minimum absolute atomic E-state index is 0.0330. The molecule has 0 aliphatic heterocycles. The fourth-order valence-electron chi connectivity index (χ4n) is 2.78. The van der Waals surface area contributed by atoms with Crippen LogP contribution in [0.5, 0.6) is 0 Å². The quantitative estimate of drug-likeness (QED) is 0.798. The van der Waals surface area contributed by atoms with Gasteiger partial charge in [0.25, 0.3) is 0 Å². The fraction of sp³-hybridized carbons (Fsp3) is 0.474. The van der Waals surface area contributed by atoms with Crippen LogP contribution in [0.4, 0.5) is 0 Å². The number of furan rings is 1. The third-order valence-corrected chi connectivity index (χ3v) is 4.18. The van der Waals surface area contributed by atoms with Crippen LogP contribution in [0, 0.1) is 0 Å². The minimum atomic E-state index is -0.230. The zero-order valence-electron chi connectivity index (χ0n) is 15.4. The van der Waals surface area contributed by atoms with Gasteiger partial charge < -0.3 is 14.6 Å². The van der Waals surface area contributed by atoms with Gasteiger partial charge in [0.05, 0.1) is 19.1 Å². The Hall–Kier alpha value is -2.34. The molecule has 0 bridgehead atoms. The number of carbonyl (C=O) groups excluding carboxylic acids is 2. The molecule has 1 atom stereocenters. The first kappa shape index (κ1) is 19.0. The monoisotopic (exact) mass is 345 g/mol. The molecule has 1 aromatic heterocycles. The van der Waals surface area contributed by atoms with E-state index in [4.69, 9.17) is 4.42 Å². The molecule has 25 heavy (non-hydrogen) atoms. The molecule has 0 saturated carbocycles. The molecule has 6 nitrogen and oxygen atoms in total. The normalized spacial score (nSPS) is 12.4. The zero-order valence-corrected chi connectivity index (χ0v) is 15.4. The highest BCUT2D eigenvalue weighted by Gasteiger charge is 2.17. The average Bonchev–Trinajstić information content (AvgIpc) is 2.99. The second-order valence-corrected chi connectivity index (χ2v) is 6.21.